The lowest BCUT2D eigenvalue weighted by Crippen LogP contribution is -2.19. The minimum absolute atomic E-state index is 0.154. The van der Waals surface area contributed by atoms with Crippen LogP contribution < -0.4 is 0 Å². The van der Waals surface area contributed by atoms with Crippen LogP contribution in [0.4, 0.5) is 0 Å². The summed E-state index contributed by atoms with van der Waals surface area (Å²) in [6.07, 6.45) is 5.79. The van der Waals surface area contributed by atoms with Crippen LogP contribution >= 0.6 is 22.6 Å². The second-order valence-corrected chi connectivity index (χ2v) is 8.60. The van der Waals surface area contributed by atoms with Gasteiger partial charge >= 0.3 is 0 Å². The number of halogens is 1. The highest BCUT2D eigenvalue weighted by molar-refractivity contribution is 14.1. The summed E-state index contributed by atoms with van der Waals surface area (Å²) >= 11 is 2.21. The molecule has 2 aromatic heterocycles. The molecule has 3 rings (SSSR count). The molecule has 1 aliphatic carbocycles. The first-order valence-electron chi connectivity index (χ1n) is 6.78. The third kappa shape index (κ3) is 2.93. The molecule has 1 fully saturated rings. The van der Waals surface area contributed by atoms with Gasteiger partial charge in [0.15, 0.2) is 0 Å². The summed E-state index contributed by atoms with van der Waals surface area (Å²) in [4.78, 5) is 3.94. The Morgan fingerprint density at radius 3 is 2.62 bits per heavy atom. The number of aliphatic hydroxyl groups excluding tert-OH is 1. The van der Waals surface area contributed by atoms with Gasteiger partial charge in [-0.05, 0) is 54.3 Å². The molecule has 0 aliphatic heterocycles. The van der Waals surface area contributed by atoms with Crippen molar-refractivity contribution in [2.24, 2.45) is 0 Å². The summed E-state index contributed by atoms with van der Waals surface area (Å²) in [6.45, 7) is 0. The van der Waals surface area contributed by atoms with E-state index < -0.39 is 9.84 Å². The second-order valence-electron chi connectivity index (χ2n) is 5.53. The van der Waals surface area contributed by atoms with Crippen molar-refractivity contribution in [2.75, 3.05) is 6.26 Å². The summed E-state index contributed by atoms with van der Waals surface area (Å²) in [5, 5.41) is 13.7. The van der Waals surface area contributed by atoms with Gasteiger partial charge in [0.25, 0.3) is 5.16 Å². The lowest BCUT2D eigenvalue weighted by molar-refractivity contribution is 0.121. The summed E-state index contributed by atoms with van der Waals surface area (Å²) in [7, 11) is -3.43. The summed E-state index contributed by atoms with van der Waals surface area (Å²) < 4.78 is 26.0. The van der Waals surface area contributed by atoms with Crippen molar-refractivity contribution in [3.63, 3.8) is 0 Å². The molecule has 0 unspecified atom stereocenters. The van der Waals surface area contributed by atoms with Gasteiger partial charge in [-0.1, -0.05) is 0 Å². The Hall–Kier alpha value is -0.740. The van der Waals surface area contributed by atoms with Gasteiger partial charge in [0.2, 0.25) is 9.84 Å². The van der Waals surface area contributed by atoms with Crippen molar-refractivity contribution in [1.29, 1.82) is 0 Å². The van der Waals surface area contributed by atoms with Crippen molar-refractivity contribution in [3.05, 3.63) is 21.5 Å². The molecule has 0 radical (unpaired) electrons. The molecule has 1 aliphatic rings. The van der Waals surface area contributed by atoms with E-state index >= 15 is 0 Å². The van der Waals surface area contributed by atoms with E-state index in [-0.39, 0.29) is 11.3 Å². The Labute approximate surface area is 136 Å². The number of aromatic nitrogens is 3. The van der Waals surface area contributed by atoms with E-state index in [1.54, 1.807) is 10.7 Å². The molecule has 0 saturated heterocycles. The fraction of sp³-hybridized carbons (Fsp3) is 0.538. The summed E-state index contributed by atoms with van der Waals surface area (Å²) in [5.41, 5.74) is 1.83. The number of sulfone groups is 1. The Morgan fingerprint density at radius 2 is 2.00 bits per heavy atom. The van der Waals surface area contributed by atoms with Gasteiger partial charge in [-0.3, -0.25) is 0 Å². The van der Waals surface area contributed by atoms with E-state index in [1.807, 2.05) is 6.07 Å². The van der Waals surface area contributed by atoms with Gasteiger partial charge in [0.1, 0.15) is 0 Å². The lowest BCUT2D eigenvalue weighted by atomic mass is 9.85. The molecule has 0 aromatic carbocycles. The van der Waals surface area contributed by atoms with Crippen LogP contribution in [0.15, 0.2) is 17.4 Å². The fourth-order valence-corrected chi connectivity index (χ4v) is 3.95. The van der Waals surface area contributed by atoms with Crippen LogP contribution in [0.5, 0.6) is 0 Å². The Morgan fingerprint density at radius 1 is 1.33 bits per heavy atom. The Bertz CT molecular complexity index is 779. The molecule has 1 saturated carbocycles. The average molecular weight is 421 g/mol. The maximum atomic E-state index is 11.6. The van der Waals surface area contributed by atoms with Crippen molar-refractivity contribution in [2.45, 2.75) is 42.9 Å². The molecule has 21 heavy (non-hydrogen) atoms. The number of aliphatic hydroxyl groups is 1. The van der Waals surface area contributed by atoms with Gasteiger partial charge in [0, 0.05) is 21.4 Å². The van der Waals surface area contributed by atoms with Crippen LogP contribution in [-0.4, -0.2) is 40.5 Å². The standard InChI is InChI=1S/C13H16IN3O3S/c1-21(19,20)13-15-7-12-10(14)6-11(17(12)16-13)8-2-4-9(18)5-3-8/h6-9,18H,2-5H2,1H3/t8-,9-. The Balaban J connectivity index is 2.10. The minimum atomic E-state index is -3.43. The van der Waals surface area contributed by atoms with Crippen molar-refractivity contribution < 1.29 is 13.5 Å². The highest BCUT2D eigenvalue weighted by Crippen LogP contribution is 2.35. The third-order valence-corrected chi connectivity index (χ3v) is 5.64. The molecule has 2 heterocycles. The van der Waals surface area contributed by atoms with Crippen molar-refractivity contribution >= 4 is 37.9 Å². The van der Waals surface area contributed by atoms with Gasteiger partial charge in [-0.25, -0.2) is 17.9 Å². The third-order valence-electron chi connectivity index (χ3n) is 3.92. The number of hydrogen-bond acceptors (Lipinski definition) is 5. The zero-order chi connectivity index (χ0) is 15.2. The molecule has 114 valence electrons. The number of fused-ring (bicyclic) bond motifs is 1. The quantitative estimate of drug-likeness (QED) is 0.748. The smallest absolute Gasteiger partial charge is 0.265 e. The van der Waals surface area contributed by atoms with E-state index in [1.165, 1.54) is 0 Å². The molecule has 0 spiro atoms. The maximum absolute atomic E-state index is 11.6. The average Bonchev–Trinajstić information content (AvgIpc) is 2.76. The van der Waals surface area contributed by atoms with Crippen LogP contribution in [0.25, 0.3) is 5.52 Å². The molecular formula is C13H16IN3O3S. The SMILES string of the molecule is CS(=O)(=O)c1ncc2c(I)cc([C@H]3CC[C@H](O)CC3)n2n1. The van der Waals surface area contributed by atoms with Crippen molar-refractivity contribution in [1.82, 2.24) is 14.6 Å². The van der Waals surface area contributed by atoms with Gasteiger partial charge < -0.3 is 5.11 Å². The number of hydrogen-bond donors (Lipinski definition) is 1. The fourth-order valence-electron chi connectivity index (χ4n) is 2.79. The van der Waals surface area contributed by atoms with E-state index in [9.17, 15) is 13.5 Å². The predicted molar refractivity (Wildman–Crippen MR) is 86.0 cm³/mol. The molecular weight excluding hydrogens is 405 g/mol. The molecule has 1 N–H and O–H groups in total. The molecule has 0 atom stereocenters. The second kappa shape index (κ2) is 5.47. The zero-order valence-corrected chi connectivity index (χ0v) is 14.5. The van der Waals surface area contributed by atoms with E-state index in [4.69, 9.17) is 0 Å². The van der Waals surface area contributed by atoms with Crippen LogP contribution in [0.2, 0.25) is 0 Å². The summed E-state index contributed by atoms with van der Waals surface area (Å²) in [6, 6.07) is 2.04. The number of nitrogens with zero attached hydrogens (tertiary/aromatic N) is 3. The first-order chi connectivity index (χ1) is 9.86. The topological polar surface area (TPSA) is 84.6 Å². The lowest BCUT2D eigenvalue weighted by Gasteiger charge is -2.25. The van der Waals surface area contributed by atoms with Gasteiger partial charge in [-0.15, -0.1) is 5.10 Å². The molecule has 0 amide bonds. The molecule has 8 heteroatoms. The van der Waals surface area contributed by atoms with Crippen LogP contribution in [-0.2, 0) is 9.84 Å². The van der Waals surface area contributed by atoms with E-state index in [2.05, 4.69) is 32.7 Å². The number of rotatable bonds is 2. The van der Waals surface area contributed by atoms with Crippen LogP contribution in [0.1, 0.15) is 37.3 Å². The predicted octanol–water partition coefficient (Wildman–Crippen LogP) is 1.76. The molecule has 0 bridgehead atoms. The minimum Gasteiger partial charge on any atom is -0.393 e. The highest BCUT2D eigenvalue weighted by atomic mass is 127. The summed E-state index contributed by atoms with van der Waals surface area (Å²) in [5.74, 6) is 0.298. The van der Waals surface area contributed by atoms with Gasteiger partial charge in [-0.2, -0.15) is 0 Å². The molecule has 2 aromatic rings. The van der Waals surface area contributed by atoms with E-state index in [0.717, 1.165) is 46.7 Å². The molecule has 6 nitrogen and oxygen atoms in total. The normalized spacial score (nSPS) is 23.6. The maximum Gasteiger partial charge on any atom is 0.265 e. The monoisotopic (exact) mass is 421 g/mol. The highest BCUT2D eigenvalue weighted by Gasteiger charge is 2.25. The largest absolute Gasteiger partial charge is 0.393 e. The van der Waals surface area contributed by atoms with E-state index in [0.29, 0.717) is 5.92 Å². The van der Waals surface area contributed by atoms with Crippen LogP contribution in [0, 0.1) is 3.57 Å². The van der Waals surface area contributed by atoms with Crippen molar-refractivity contribution in [3.8, 4) is 0 Å². The first kappa shape index (κ1) is 15.2. The zero-order valence-electron chi connectivity index (χ0n) is 11.5. The Kier molecular flexibility index (Phi) is 3.95. The van der Waals surface area contributed by atoms with Crippen LogP contribution in [0.3, 0.4) is 0 Å². The first-order valence-corrected chi connectivity index (χ1v) is 9.75. The van der Waals surface area contributed by atoms with Gasteiger partial charge in [0.05, 0.1) is 17.8 Å².